The molecule has 0 unspecified atom stereocenters. The lowest BCUT2D eigenvalue weighted by molar-refractivity contribution is 0.0143. The molecule has 4 nitrogen and oxygen atoms in total. The van der Waals surface area contributed by atoms with Gasteiger partial charge in [-0.15, -0.1) is 0 Å². The van der Waals surface area contributed by atoms with Gasteiger partial charge in [0.05, 0.1) is 12.6 Å². The van der Waals surface area contributed by atoms with Crippen molar-refractivity contribution in [3.05, 3.63) is 47.5 Å². The normalized spacial score (nSPS) is 23.2. The first-order valence-electron chi connectivity index (χ1n) is 5.70. The third-order valence-electron chi connectivity index (χ3n) is 2.91. The number of halogens is 2. The zero-order valence-electron chi connectivity index (χ0n) is 10.0. The number of ether oxygens (including phenoxy) is 1. The third kappa shape index (κ3) is 3.08. The van der Waals surface area contributed by atoms with Crippen LogP contribution >= 0.6 is 0 Å². The van der Waals surface area contributed by atoms with Gasteiger partial charge in [-0.3, -0.25) is 0 Å². The first-order valence-corrected chi connectivity index (χ1v) is 5.70. The molecule has 0 spiro atoms. The van der Waals surface area contributed by atoms with Crippen molar-refractivity contribution < 1.29 is 23.4 Å². The maximum Gasteiger partial charge on any atom is 0.404 e. The van der Waals surface area contributed by atoms with Gasteiger partial charge in [-0.2, -0.15) is 0 Å². The van der Waals surface area contributed by atoms with Crippen LogP contribution in [0.5, 0.6) is 0 Å². The van der Waals surface area contributed by atoms with Crippen molar-refractivity contribution in [3.63, 3.8) is 0 Å². The maximum atomic E-state index is 13.7. The Labute approximate surface area is 108 Å². The summed E-state index contributed by atoms with van der Waals surface area (Å²) >= 11 is 0. The lowest BCUT2D eigenvalue weighted by Gasteiger charge is -2.33. The molecule has 0 aromatic heterocycles. The van der Waals surface area contributed by atoms with E-state index in [0.717, 1.165) is 18.2 Å². The number of carbonyl (C=O) groups is 1. The maximum absolute atomic E-state index is 13.7. The molecule has 102 valence electrons. The van der Waals surface area contributed by atoms with E-state index in [-0.39, 0.29) is 12.2 Å². The second-order valence-corrected chi connectivity index (χ2v) is 4.41. The molecule has 6 heteroatoms. The van der Waals surface area contributed by atoms with Crippen molar-refractivity contribution in [2.75, 3.05) is 6.61 Å². The third-order valence-corrected chi connectivity index (χ3v) is 2.91. The van der Waals surface area contributed by atoms with E-state index in [4.69, 9.17) is 9.84 Å². The highest BCUT2D eigenvalue weighted by atomic mass is 19.1. The van der Waals surface area contributed by atoms with Gasteiger partial charge in [0.1, 0.15) is 17.7 Å². The van der Waals surface area contributed by atoms with Crippen LogP contribution in [-0.4, -0.2) is 23.8 Å². The van der Waals surface area contributed by atoms with E-state index < -0.39 is 29.9 Å². The monoisotopic (exact) mass is 269 g/mol. The fraction of sp³-hybridized carbons (Fsp3) is 0.308. The fourth-order valence-electron chi connectivity index (χ4n) is 2.13. The van der Waals surface area contributed by atoms with E-state index in [2.05, 4.69) is 11.9 Å². The first kappa shape index (κ1) is 13.5. The zero-order chi connectivity index (χ0) is 14.0. The van der Waals surface area contributed by atoms with E-state index in [1.54, 1.807) is 0 Å². The minimum atomic E-state index is -1.25. The minimum absolute atomic E-state index is 0.00579. The molecule has 1 amide bonds. The second kappa shape index (κ2) is 5.36. The first-order chi connectivity index (χ1) is 8.97. The standard InChI is InChI=1S/C13H13F2NO3/c1-7-4-11(16-13(17)18)12(19-6-7)9-5-8(14)2-3-10(9)15/h2-3,5,11-12,16H,1,4,6H2,(H,17,18)/t11-,12-/m0/s1. The Kier molecular flexibility index (Phi) is 3.80. The second-order valence-electron chi connectivity index (χ2n) is 4.41. The molecule has 0 aliphatic carbocycles. The summed E-state index contributed by atoms with van der Waals surface area (Å²) in [5, 5.41) is 11.0. The van der Waals surface area contributed by atoms with E-state index in [1.807, 2.05) is 0 Å². The predicted molar refractivity (Wildman–Crippen MR) is 63.8 cm³/mol. The molecule has 2 atom stereocenters. The number of amides is 1. The predicted octanol–water partition coefficient (Wildman–Crippen LogP) is 2.62. The van der Waals surface area contributed by atoms with E-state index in [9.17, 15) is 13.6 Å². The largest absolute Gasteiger partial charge is 0.465 e. The van der Waals surface area contributed by atoms with Crippen molar-refractivity contribution >= 4 is 6.09 Å². The van der Waals surface area contributed by atoms with Crippen LogP contribution in [-0.2, 0) is 4.74 Å². The number of benzene rings is 1. The number of nitrogens with one attached hydrogen (secondary N) is 1. The van der Waals surface area contributed by atoms with E-state index >= 15 is 0 Å². The molecule has 1 aliphatic heterocycles. The number of rotatable bonds is 2. The summed E-state index contributed by atoms with van der Waals surface area (Å²) in [6.07, 6.45) is -1.78. The summed E-state index contributed by atoms with van der Waals surface area (Å²) in [5.74, 6) is -1.23. The van der Waals surface area contributed by atoms with Gasteiger partial charge < -0.3 is 15.2 Å². The van der Waals surface area contributed by atoms with Crippen molar-refractivity contribution in [2.24, 2.45) is 0 Å². The molecule has 1 aromatic carbocycles. The van der Waals surface area contributed by atoms with Crippen molar-refractivity contribution in [3.8, 4) is 0 Å². The van der Waals surface area contributed by atoms with Gasteiger partial charge in [0.15, 0.2) is 0 Å². The van der Waals surface area contributed by atoms with Crippen LogP contribution in [0, 0.1) is 11.6 Å². The molecule has 0 bridgehead atoms. The van der Waals surface area contributed by atoms with E-state index in [0.29, 0.717) is 12.0 Å². The Bertz CT molecular complexity index is 517. The average molecular weight is 269 g/mol. The minimum Gasteiger partial charge on any atom is -0.465 e. The van der Waals surface area contributed by atoms with Gasteiger partial charge in [-0.1, -0.05) is 6.58 Å². The Morgan fingerprint density at radius 1 is 1.47 bits per heavy atom. The SMILES string of the molecule is C=C1CO[C@@H](c2cc(F)ccc2F)[C@@H](NC(=O)O)C1. The van der Waals surface area contributed by atoms with Gasteiger partial charge in [0.25, 0.3) is 0 Å². The smallest absolute Gasteiger partial charge is 0.404 e. The summed E-state index contributed by atoms with van der Waals surface area (Å²) < 4.78 is 32.3. The van der Waals surface area contributed by atoms with Crippen LogP contribution in [0.15, 0.2) is 30.4 Å². The molecule has 1 fully saturated rings. The molecule has 0 saturated carbocycles. The molecule has 2 rings (SSSR count). The van der Waals surface area contributed by atoms with Crippen LogP contribution in [0.4, 0.5) is 13.6 Å². The Hall–Kier alpha value is -1.95. The summed E-state index contributed by atoms with van der Waals surface area (Å²) in [7, 11) is 0. The van der Waals surface area contributed by atoms with Crippen LogP contribution in [0.2, 0.25) is 0 Å². The highest BCUT2D eigenvalue weighted by Gasteiger charge is 2.32. The van der Waals surface area contributed by atoms with Gasteiger partial charge in [0, 0.05) is 5.56 Å². The zero-order valence-corrected chi connectivity index (χ0v) is 10.0. The van der Waals surface area contributed by atoms with Gasteiger partial charge >= 0.3 is 6.09 Å². The molecule has 1 saturated heterocycles. The number of carboxylic acid groups (broad SMARTS) is 1. The van der Waals surface area contributed by atoms with Gasteiger partial charge in [-0.25, -0.2) is 13.6 Å². The average Bonchev–Trinajstić information content (AvgIpc) is 2.32. The van der Waals surface area contributed by atoms with Crippen molar-refractivity contribution in [1.29, 1.82) is 0 Å². The lowest BCUT2D eigenvalue weighted by Crippen LogP contribution is -2.43. The quantitative estimate of drug-likeness (QED) is 0.811. The van der Waals surface area contributed by atoms with E-state index in [1.165, 1.54) is 0 Å². The van der Waals surface area contributed by atoms with Crippen molar-refractivity contribution in [2.45, 2.75) is 18.6 Å². The molecule has 1 heterocycles. The molecule has 1 aliphatic rings. The van der Waals surface area contributed by atoms with Crippen molar-refractivity contribution in [1.82, 2.24) is 5.32 Å². The Morgan fingerprint density at radius 3 is 2.89 bits per heavy atom. The summed E-state index contributed by atoms with van der Waals surface area (Å²) in [6, 6.07) is 2.33. The molecule has 0 radical (unpaired) electrons. The summed E-state index contributed by atoms with van der Waals surface area (Å²) in [4.78, 5) is 10.7. The van der Waals surface area contributed by atoms with Gasteiger partial charge in [0.2, 0.25) is 0 Å². The highest BCUT2D eigenvalue weighted by molar-refractivity contribution is 5.65. The molecule has 19 heavy (non-hydrogen) atoms. The fourth-order valence-corrected chi connectivity index (χ4v) is 2.13. The van der Waals surface area contributed by atoms with Crippen LogP contribution in [0.25, 0.3) is 0 Å². The number of hydrogen-bond donors (Lipinski definition) is 2. The van der Waals surface area contributed by atoms with Gasteiger partial charge in [-0.05, 0) is 30.2 Å². The summed E-state index contributed by atoms with van der Waals surface area (Å²) in [5.41, 5.74) is 0.707. The number of hydrogen-bond acceptors (Lipinski definition) is 2. The summed E-state index contributed by atoms with van der Waals surface area (Å²) in [6.45, 7) is 3.91. The molecular weight excluding hydrogens is 256 g/mol. The molecule has 1 aromatic rings. The molecular formula is C13H13F2NO3. The van der Waals surface area contributed by atoms with Crippen LogP contribution in [0.3, 0.4) is 0 Å². The lowest BCUT2D eigenvalue weighted by atomic mass is 9.93. The highest BCUT2D eigenvalue weighted by Crippen LogP contribution is 2.32. The Morgan fingerprint density at radius 2 is 2.21 bits per heavy atom. The molecule has 2 N–H and O–H groups in total. The Balaban J connectivity index is 2.31. The van der Waals surface area contributed by atoms with Crippen LogP contribution in [0.1, 0.15) is 18.1 Å². The topological polar surface area (TPSA) is 58.6 Å². The van der Waals surface area contributed by atoms with Crippen LogP contribution < -0.4 is 5.32 Å².